The third-order valence-electron chi connectivity index (χ3n) is 5.06. The van der Waals surface area contributed by atoms with Gasteiger partial charge in [-0.25, -0.2) is 4.98 Å². The average Bonchev–Trinajstić information content (AvgIpc) is 3.12. The van der Waals surface area contributed by atoms with Gasteiger partial charge in [0, 0.05) is 23.1 Å². The molecule has 2 N–H and O–H groups in total. The van der Waals surface area contributed by atoms with Gasteiger partial charge < -0.3 is 14.8 Å². The number of aromatic nitrogens is 3. The molecule has 0 amide bonds. The first kappa shape index (κ1) is 15.6. The summed E-state index contributed by atoms with van der Waals surface area (Å²) >= 11 is 0. The Bertz CT molecular complexity index is 952. The smallest absolute Gasteiger partial charge is 0.126 e. The zero-order chi connectivity index (χ0) is 17.7. The second-order valence-electron chi connectivity index (χ2n) is 7.40. The first-order valence-corrected chi connectivity index (χ1v) is 9.17. The molecule has 26 heavy (non-hydrogen) atoms. The van der Waals surface area contributed by atoms with Crippen molar-refractivity contribution in [2.24, 2.45) is 5.92 Å². The van der Waals surface area contributed by atoms with E-state index >= 15 is 0 Å². The molecule has 1 aromatic carbocycles. The van der Waals surface area contributed by atoms with Crippen LogP contribution in [-0.2, 0) is 4.74 Å². The van der Waals surface area contributed by atoms with Gasteiger partial charge in [-0.2, -0.15) is 5.10 Å². The van der Waals surface area contributed by atoms with Crippen LogP contribution >= 0.6 is 0 Å². The van der Waals surface area contributed by atoms with Gasteiger partial charge in [-0.05, 0) is 50.6 Å². The normalized spacial score (nSPS) is 24.0. The molecule has 3 aromatic rings. The second kappa shape index (κ2) is 5.99. The van der Waals surface area contributed by atoms with Crippen LogP contribution in [0.4, 0.5) is 5.82 Å². The summed E-state index contributed by atoms with van der Waals surface area (Å²) in [6, 6.07) is 10.4. The summed E-state index contributed by atoms with van der Waals surface area (Å²) in [5.74, 6) is 2.36. The van der Waals surface area contributed by atoms with E-state index in [2.05, 4.69) is 26.6 Å². The SMILES string of the molecule is CC(C)Oc1ccc2[nH]nc(-c3ccnc(N[C@@H]4CO[C@@H]5CC45)c3)c2c1. The zero-order valence-corrected chi connectivity index (χ0v) is 14.9. The minimum atomic E-state index is 0.138. The van der Waals surface area contributed by atoms with E-state index in [0.717, 1.165) is 40.3 Å². The highest BCUT2D eigenvalue weighted by Crippen LogP contribution is 2.43. The van der Waals surface area contributed by atoms with E-state index in [1.54, 1.807) is 0 Å². The van der Waals surface area contributed by atoms with Gasteiger partial charge in [-0.15, -0.1) is 0 Å². The summed E-state index contributed by atoms with van der Waals surface area (Å²) in [6.07, 6.45) is 3.59. The Morgan fingerprint density at radius 3 is 2.96 bits per heavy atom. The fraction of sp³-hybridized carbons (Fsp3) is 0.400. The molecule has 0 radical (unpaired) electrons. The number of nitrogens with zero attached hydrogens (tertiary/aromatic N) is 2. The van der Waals surface area contributed by atoms with Crippen LogP contribution in [0.2, 0.25) is 0 Å². The fourth-order valence-corrected chi connectivity index (χ4v) is 3.71. The number of ether oxygens (including phenoxy) is 2. The maximum Gasteiger partial charge on any atom is 0.126 e. The van der Waals surface area contributed by atoms with Crippen molar-refractivity contribution < 1.29 is 9.47 Å². The highest BCUT2D eigenvalue weighted by atomic mass is 16.5. The third-order valence-corrected chi connectivity index (χ3v) is 5.06. The van der Waals surface area contributed by atoms with Gasteiger partial charge in [-0.3, -0.25) is 5.10 Å². The largest absolute Gasteiger partial charge is 0.491 e. The van der Waals surface area contributed by atoms with Crippen LogP contribution in [0.15, 0.2) is 36.5 Å². The molecule has 2 aromatic heterocycles. The van der Waals surface area contributed by atoms with E-state index in [-0.39, 0.29) is 6.10 Å². The molecule has 1 aliphatic carbocycles. The van der Waals surface area contributed by atoms with E-state index in [4.69, 9.17) is 9.47 Å². The number of pyridine rings is 1. The summed E-state index contributed by atoms with van der Waals surface area (Å²) in [7, 11) is 0. The Hall–Kier alpha value is -2.60. The first-order valence-electron chi connectivity index (χ1n) is 9.17. The summed E-state index contributed by atoms with van der Waals surface area (Å²) in [4.78, 5) is 4.47. The Morgan fingerprint density at radius 1 is 1.27 bits per heavy atom. The molecule has 0 spiro atoms. The Morgan fingerprint density at radius 2 is 2.19 bits per heavy atom. The monoisotopic (exact) mass is 350 g/mol. The van der Waals surface area contributed by atoms with Crippen molar-refractivity contribution in [3.05, 3.63) is 36.5 Å². The van der Waals surface area contributed by atoms with Crippen LogP contribution in [-0.4, -0.2) is 40.0 Å². The highest BCUT2D eigenvalue weighted by Gasteiger charge is 2.49. The second-order valence-corrected chi connectivity index (χ2v) is 7.40. The molecule has 6 nitrogen and oxygen atoms in total. The van der Waals surface area contributed by atoms with E-state index < -0.39 is 0 Å². The van der Waals surface area contributed by atoms with Crippen LogP contribution in [0.1, 0.15) is 20.3 Å². The van der Waals surface area contributed by atoms with Gasteiger partial charge in [0.05, 0.1) is 30.4 Å². The minimum Gasteiger partial charge on any atom is -0.491 e. The summed E-state index contributed by atoms with van der Waals surface area (Å²) in [6.45, 7) is 4.82. The lowest BCUT2D eigenvalue weighted by molar-refractivity contribution is 0.152. The van der Waals surface area contributed by atoms with Gasteiger partial charge in [0.15, 0.2) is 0 Å². The van der Waals surface area contributed by atoms with Gasteiger partial charge in [0.2, 0.25) is 0 Å². The van der Waals surface area contributed by atoms with Crippen LogP contribution < -0.4 is 10.1 Å². The molecule has 5 rings (SSSR count). The number of anilines is 1. The number of fused-ring (bicyclic) bond motifs is 2. The standard InChI is InChI=1S/C20H22N4O2/c1-11(2)26-13-3-4-16-15(8-13)20(24-23-16)12-5-6-21-19(7-12)22-17-10-25-18-9-14(17)18/h3-8,11,14,17-18H,9-10H2,1-2H3,(H,21,22)(H,23,24)/t14?,17-,18-/m1/s1. The van der Waals surface area contributed by atoms with Crippen LogP contribution in [0.5, 0.6) is 5.75 Å². The average molecular weight is 350 g/mol. The molecule has 1 aliphatic heterocycles. The zero-order valence-electron chi connectivity index (χ0n) is 14.9. The number of H-pyrrole nitrogens is 1. The van der Waals surface area contributed by atoms with E-state index in [0.29, 0.717) is 18.1 Å². The fourth-order valence-electron chi connectivity index (χ4n) is 3.71. The van der Waals surface area contributed by atoms with Crippen molar-refractivity contribution in [3.63, 3.8) is 0 Å². The molecule has 134 valence electrons. The number of benzene rings is 1. The molecule has 3 atom stereocenters. The third kappa shape index (κ3) is 2.80. The number of aromatic amines is 1. The quantitative estimate of drug-likeness (QED) is 0.735. The van der Waals surface area contributed by atoms with E-state index in [1.165, 1.54) is 6.42 Å². The molecule has 1 unspecified atom stereocenters. The lowest BCUT2D eigenvalue weighted by Gasteiger charge is -2.14. The van der Waals surface area contributed by atoms with Gasteiger partial charge in [0.1, 0.15) is 17.3 Å². The van der Waals surface area contributed by atoms with Crippen molar-refractivity contribution in [3.8, 4) is 17.0 Å². The molecule has 6 heteroatoms. The number of rotatable bonds is 5. The van der Waals surface area contributed by atoms with E-state index in [9.17, 15) is 0 Å². The molecular formula is C20H22N4O2. The predicted octanol–water partition coefficient (Wildman–Crippen LogP) is 3.61. The van der Waals surface area contributed by atoms with Gasteiger partial charge >= 0.3 is 0 Å². The van der Waals surface area contributed by atoms with Crippen LogP contribution in [0, 0.1) is 5.92 Å². The molecular weight excluding hydrogens is 328 g/mol. The molecule has 3 heterocycles. The maximum absolute atomic E-state index is 5.83. The molecule has 0 bridgehead atoms. The molecule has 2 fully saturated rings. The predicted molar refractivity (Wildman–Crippen MR) is 100 cm³/mol. The van der Waals surface area contributed by atoms with Crippen molar-refractivity contribution in [2.45, 2.75) is 38.5 Å². The van der Waals surface area contributed by atoms with E-state index in [1.807, 2.05) is 44.3 Å². The van der Waals surface area contributed by atoms with Crippen molar-refractivity contribution in [1.29, 1.82) is 0 Å². The Balaban J connectivity index is 1.46. The van der Waals surface area contributed by atoms with Gasteiger partial charge in [0.25, 0.3) is 0 Å². The van der Waals surface area contributed by atoms with Crippen LogP contribution in [0.3, 0.4) is 0 Å². The topological polar surface area (TPSA) is 72.1 Å². The summed E-state index contributed by atoms with van der Waals surface area (Å²) < 4.78 is 11.5. The van der Waals surface area contributed by atoms with Crippen LogP contribution in [0.25, 0.3) is 22.2 Å². The lowest BCUT2D eigenvalue weighted by Crippen LogP contribution is -2.23. The van der Waals surface area contributed by atoms with Crippen molar-refractivity contribution in [2.75, 3.05) is 11.9 Å². The first-order chi connectivity index (χ1) is 12.7. The number of nitrogens with one attached hydrogen (secondary N) is 2. The Labute approximate surface area is 151 Å². The molecule has 1 saturated carbocycles. The van der Waals surface area contributed by atoms with Gasteiger partial charge in [-0.1, -0.05) is 0 Å². The number of hydrogen-bond donors (Lipinski definition) is 2. The number of hydrogen-bond acceptors (Lipinski definition) is 5. The lowest BCUT2D eigenvalue weighted by atomic mass is 10.1. The molecule has 2 aliphatic rings. The minimum absolute atomic E-state index is 0.138. The molecule has 1 saturated heterocycles. The Kier molecular flexibility index (Phi) is 3.60. The highest BCUT2D eigenvalue weighted by molar-refractivity contribution is 5.94. The maximum atomic E-state index is 5.83. The van der Waals surface area contributed by atoms with Crippen molar-refractivity contribution in [1.82, 2.24) is 15.2 Å². The van der Waals surface area contributed by atoms with Crippen molar-refractivity contribution >= 4 is 16.7 Å². The summed E-state index contributed by atoms with van der Waals surface area (Å²) in [5.41, 5.74) is 2.93. The summed E-state index contributed by atoms with van der Waals surface area (Å²) in [5, 5.41) is 12.2.